The molecule has 5 heteroatoms. The van der Waals surface area contributed by atoms with Crippen LogP contribution < -0.4 is 10.5 Å². The Bertz CT molecular complexity index is 540. The summed E-state index contributed by atoms with van der Waals surface area (Å²) in [6, 6.07) is 9.17. The van der Waals surface area contributed by atoms with E-state index in [1.54, 1.807) is 6.07 Å². The van der Waals surface area contributed by atoms with Gasteiger partial charge in [-0.3, -0.25) is 0 Å². The van der Waals surface area contributed by atoms with Gasteiger partial charge in [-0.1, -0.05) is 23.2 Å². The van der Waals surface area contributed by atoms with Crippen LogP contribution in [0.5, 0.6) is 5.75 Å². The van der Waals surface area contributed by atoms with E-state index in [-0.39, 0.29) is 6.04 Å². The van der Waals surface area contributed by atoms with Crippen LogP contribution in [-0.4, -0.2) is 0 Å². The van der Waals surface area contributed by atoms with E-state index >= 15 is 0 Å². The van der Waals surface area contributed by atoms with Crippen molar-refractivity contribution in [2.75, 3.05) is 0 Å². The molecule has 0 aliphatic carbocycles. The van der Waals surface area contributed by atoms with Crippen LogP contribution in [0.2, 0.25) is 9.36 Å². The molecule has 0 aliphatic rings. The second kappa shape index (κ2) is 5.93. The summed E-state index contributed by atoms with van der Waals surface area (Å²) in [6.45, 7) is 2.39. The zero-order chi connectivity index (χ0) is 13.1. The van der Waals surface area contributed by atoms with Crippen molar-refractivity contribution in [3.8, 4) is 5.75 Å². The summed E-state index contributed by atoms with van der Waals surface area (Å²) in [5.41, 5.74) is 6.81. The number of thiophene rings is 1. The molecule has 1 aromatic heterocycles. The Balaban J connectivity index is 2.13. The summed E-state index contributed by atoms with van der Waals surface area (Å²) >= 11 is 13.3. The minimum Gasteiger partial charge on any atom is -0.488 e. The van der Waals surface area contributed by atoms with Crippen LogP contribution in [0, 0.1) is 0 Å². The predicted molar refractivity (Wildman–Crippen MR) is 77.7 cm³/mol. The van der Waals surface area contributed by atoms with Gasteiger partial charge in [-0.2, -0.15) is 0 Å². The summed E-state index contributed by atoms with van der Waals surface area (Å²) in [6.07, 6.45) is 0. The molecule has 0 fully saturated rings. The van der Waals surface area contributed by atoms with Gasteiger partial charge in [0.05, 0.1) is 4.34 Å². The fraction of sp³-hybridized carbons (Fsp3) is 0.231. The van der Waals surface area contributed by atoms with Crippen molar-refractivity contribution in [3.05, 3.63) is 50.1 Å². The SMILES string of the molecule is CC(N)c1cc(Cl)ccc1OCc1ccc(Cl)s1. The van der Waals surface area contributed by atoms with Crippen molar-refractivity contribution in [1.29, 1.82) is 0 Å². The third-order valence-electron chi connectivity index (χ3n) is 2.46. The van der Waals surface area contributed by atoms with Gasteiger partial charge in [0.15, 0.2) is 0 Å². The Labute approximate surface area is 120 Å². The Hall–Kier alpha value is -0.740. The predicted octanol–water partition coefficient (Wildman–Crippen LogP) is 4.65. The van der Waals surface area contributed by atoms with Gasteiger partial charge in [-0.05, 0) is 37.3 Å². The van der Waals surface area contributed by atoms with Gasteiger partial charge >= 0.3 is 0 Å². The fourth-order valence-corrected chi connectivity index (χ4v) is 2.77. The van der Waals surface area contributed by atoms with Crippen LogP contribution in [0.15, 0.2) is 30.3 Å². The quantitative estimate of drug-likeness (QED) is 0.892. The first kappa shape index (κ1) is 13.7. The molecule has 18 heavy (non-hydrogen) atoms. The number of hydrogen-bond acceptors (Lipinski definition) is 3. The second-order valence-electron chi connectivity index (χ2n) is 3.97. The standard InChI is InChI=1S/C13H13Cl2NOS/c1-8(16)11-6-9(14)2-4-12(11)17-7-10-3-5-13(15)18-10/h2-6,8H,7,16H2,1H3. The topological polar surface area (TPSA) is 35.2 Å². The minimum atomic E-state index is -0.120. The number of nitrogens with two attached hydrogens (primary N) is 1. The molecular formula is C13H13Cl2NOS. The van der Waals surface area contributed by atoms with Gasteiger partial charge < -0.3 is 10.5 Å². The van der Waals surface area contributed by atoms with E-state index in [4.69, 9.17) is 33.7 Å². The Morgan fingerprint density at radius 1 is 1.28 bits per heavy atom. The number of ether oxygens (including phenoxy) is 1. The highest BCUT2D eigenvalue weighted by Crippen LogP contribution is 2.29. The zero-order valence-electron chi connectivity index (χ0n) is 9.82. The van der Waals surface area contributed by atoms with E-state index in [1.807, 2.05) is 31.2 Å². The normalized spacial score (nSPS) is 12.4. The zero-order valence-corrected chi connectivity index (χ0v) is 12.1. The average molecular weight is 302 g/mol. The van der Waals surface area contributed by atoms with E-state index in [0.717, 1.165) is 20.5 Å². The highest BCUT2D eigenvalue weighted by atomic mass is 35.5. The van der Waals surface area contributed by atoms with Crippen LogP contribution in [0.4, 0.5) is 0 Å². The molecule has 2 nitrogen and oxygen atoms in total. The molecule has 0 spiro atoms. The van der Waals surface area contributed by atoms with Crippen LogP contribution in [0.3, 0.4) is 0 Å². The number of hydrogen-bond donors (Lipinski definition) is 1. The molecule has 0 aliphatic heterocycles. The molecule has 0 amide bonds. The van der Waals surface area contributed by atoms with Crippen LogP contribution in [-0.2, 0) is 6.61 Å². The first-order valence-corrected chi connectivity index (χ1v) is 7.05. The monoisotopic (exact) mass is 301 g/mol. The number of halogens is 2. The largest absolute Gasteiger partial charge is 0.488 e. The molecular weight excluding hydrogens is 289 g/mol. The van der Waals surface area contributed by atoms with Crippen LogP contribution in [0.1, 0.15) is 23.4 Å². The van der Waals surface area contributed by atoms with Crippen molar-refractivity contribution in [2.45, 2.75) is 19.6 Å². The first-order chi connectivity index (χ1) is 8.56. The summed E-state index contributed by atoms with van der Waals surface area (Å²) in [4.78, 5) is 1.07. The molecule has 0 radical (unpaired) electrons. The minimum absolute atomic E-state index is 0.120. The lowest BCUT2D eigenvalue weighted by Gasteiger charge is -2.13. The maximum absolute atomic E-state index is 5.95. The first-order valence-electron chi connectivity index (χ1n) is 5.48. The molecule has 0 bridgehead atoms. The van der Waals surface area contributed by atoms with Gasteiger partial charge in [0.2, 0.25) is 0 Å². The van der Waals surface area contributed by atoms with E-state index in [0.29, 0.717) is 11.6 Å². The summed E-state index contributed by atoms with van der Waals surface area (Å²) in [5.74, 6) is 0.763. The van der Waals surface area contributed by atoms with Crippen molar-refractivity contribution >= 4 is 34.5 Å². The highest BCUT2D eigenvalue weighted by Gasteiger charge is 2.09. The third-order valence-corrected chi connectivity index (χ3v) is 3.90. The lowest BCUT2D eigenvalue weighted by atomic mass is 10.1. The van der Waals surface area contributed by atoms with Gasteiger partial charge in [-0.15, -0.1) is 11.3 Å². The number of rotatable bonds is 4. The van der Waals surface area contributed by atoms with Gasteiger partial charge in [-0.25, -0.2) is 0 Å². The third kappa shape index (κ3) is 3.39. The summed E-state index contributed by atoms with van der Waals surface area (Å²) in [5, 5.41) is 0.661. The number of benzene rings is 1. The van der Waals surface area contributed by atoms with Crippen molar-refractivity contribution in [1.82, 2.24) is 0 Å². The molecule has 2 N–H and O–H groups in total. The van der Waals surface area contributed by atoms with Gasteiger partial charge in [0, 0.05) is 21.5 Å². The summed E-state index contributed by atoms with van der Waals surface area (Å²) < 4.78 is 6.53. The second-order valence-corrected chi connectivity index (χ2v) is 6.20. The van der Waals surface area contributed by atoms with Crippen LogP contribution >= 0.6 is 34.5 Å². The Morgan fingerprint density at radius 2 is 2.06 bits per heavy atom. The van der Waals surface area contributed by atoms with Crippen molar-refractivity contribution < 1.29 is 4.74 Å². The fourth-order valence-electron chi connectivity index (χ4n) is 1.58. The van der Waals surface area contributed by atoms with Crippen molar-refractivity contribution in [2.24, 2.45) is 5.73 Å². The van der Waals surface area contributed by atoms with Gasteiger partial charge in [0.1, 0.15) is 12.4 Å². The lowest BCUT2D eigenvalue weighted by Crippen LogP contribution is -2.07. The van der Waals surface area contributed by atoms with E-state index < -0.39 is 0 Å². The maximum atomic E-state index is 5.95. The molecule has 0 saturated heterocycles. The van der Waals surface area contributed by atoms with E-state index in [2.05, 4.69) is 0 Å². The van der Waals surface area contributed by atoms with Crippen LogP contribution in [0.25, 0.3) is 0 Å². The molecule has 1 aromatic carbocycles. The highest BCUT2D eigenvalue weighted by molar-refractivity contribution is 7.16. The van der Waals surface area contributed by atoms with E-state index in [1.165, 1.54) is 11.3 Å². The molecule has 0 saturated carbocycles. The Morgan fingerprint density at radius 3 is 2.67 bits per heavy atom. The van der Waals surface area contributed by atoms with Gasteiger partial charge in [0.25, 0.3) is 0 Å². The molecule has 1 unspecified atom stereocenters. The molecule has 2 aromatic rings. The maximum Gasteiger partial charge on any atom is 0.124 e. The average Bonchev–Trinajstić information content (AvgIpc) is 2.73. The van der Waals surface area contributed by atoms with Crippen molar-refractivity contribution in [3.63, 3.8) is 0 Å². The molecule has 1 atom stereocenters. The molecule has 2 rings (SSSR count). The lowest BCUT2D eigenvalue weighted by molar-refractivity contribution is 0.305. The molecule has 96 valence electrons. The summed E-state index contributed by atoms with van der Waals surface area (Å²) in [7, 11) is 0. The molecule has 1 heterocycles. The smallest absolute Gasteiger partial charge is 0.124 e. The Kier molecular flexibility index (Phi) is 4.51. The van der Waals surface area contributed by atoms with E-state index in [9.17, 15) is 0 Å².